The van der Waals surface area contributed by atoms with Gasteiger partial charge in [-0.15, -0.1) is 0 Å². The molecule has 0 unspecified atom stereocenters. The van der Waals surface area contributed by atoms with E-state index in [0.717, 1.165) is 0 Å². The molecule has 0 aromatic heterocycles. The van der Waals surface area contributed by atoms with Gasteiger partial charge in [0.2, 0.25) is 0 Å². The van der Waals surface area contributed by atoms with Crippen LogP contribution in [0.15, 0.2) is 0 Å². The van der Waals surface area contributed by atoms with Gasteiger partial charge in [0, 0.05) is 0 Å². The van der Waals surface area contributed by atoms with Crippen LogP contribution in [-0.2, 0) is 0 Å². The zero-order chi connectivity index (χ0) is 8.41. The van der Waals surface area contributed by atoms with Crippen LogP contribution in [0.25, 0.3) is 0 Å². The summed E-state index contributed by atoms with van der Waals surface area (Å²) in [6.45, 7) is 14.4. The average Bonchev–Trinajstić information content (AvgIpc) is 1.93. The van der Waals surface area contributed by atoms with Gasteiger partial charge in [-0.3, -0.25) is 0 Å². The summed E-state index contributed by atoms with van der Waals surface area (Å²) in [5, 5.41) is 0. The molecule has 0 spiro atoms. The monoisotopic (exact) mass is 179 g/mol. The Bertz CT molecular complexity index is 39.3. The van der Waals surface area contributed by atoms with Crippen LogP contribution in [0.3, 0.4) is 0 Å². The van der Waals surface area contributed by atoms with Gasteiger partial charge in [-0.05, 0) is 19.6 Å². The molecule has 0 saturated heterocycles. The largest absolute Gasteiger partial charge is 0.304 e. The maximum absolute atomic E-state index is 2.38. The Balaban J connectivity index is -0.000000140. The fourth-order valence-electron chi connectivity index (χ4n) is 0.671. The Labute approximate surface area is 79.6 Å². The first-order valence-electron chi connectivity index (χ1n) is 4.48. The van der Waals surface area contributed by atoms with Crippen LogP contribution in [0, 0.1) is 0 Å². The van der Waals surface area contributed by atoms with Gasteiger partial charge < -0.3 is 4.90 Å². The van der Waals surface area contributed by atoms with E-state index in [-0.39, 0.29) is 13.5 Å². The number of hydrogen-bond acceptors (Lipinski definition) is 1. The predicted octanol–water partition coefficient (Wildman–Crippen LogP) is 2.88. The van der Waals surface area contributed by atoms with Crippen LogP contribution in [0.5, 0.6) is 0 Å². The lowest BCUT2D eigenvalue weighted by molar-refractivity contribution is 0.321. The van der Waals surface area contributed by atoms with Crippen LogP contribution >= 0.6 is 13.5 Å². The van der Waals surface area contributed by atoms with Crippen LogP contribution in [-0.4, -0.2) is 24.5 Å². The van der Waals surface area contributed by atoms with Crippen LogP contribution in [0.2, 0.25) is 0 Å². The summed E-state index contributed by atoms with van der Waals surface area (Å²) in [5.41, 5.74) is 0. The van der Waals surface area contributed by atoms with Gasteiger partial charge in [-0.25, -0.2) is 0 Å². The van der Waals surface area contributed by atoms with Gasteiger partial charge in [-0.1, -0.05) is 41.0 Å². The Morgan fingerprint density at radius 2 is 0.909 bits per heavy atom. The minimum absolute atomic E-state index is 0. The van der Waals surface area contributed by atoms with Crippen LogP contribution < -0.4 is 0 Å². The molecule has 0 heterocycles. The van der Waals surface area contributed by atoms with Gasteiger partial charge in [0.05, 0.1) is 0 Å². The lowest BCUT2D eigenvalue weighted by Crippen LogP contribution is -2.21. The Kier molecular flexibility index (Phi) is 26.5. The molecule has 0 aliphatic rings. The lowest BCUT2D eigenvalue weighted by Gasteiger charge is -2.13. The molecule has 0 atom stereocenters. The van der Waals surface area contributed by atoms with Crippen molar-refractivity contribution in [2.75, 3.05) is 19.6 Å². The molecule has 0 saturated carbocycles. The van der Waals surface area contributed by atoms with Gasteiger partial charge in [-0.2, -0.15) is 13.5 Å². The average molecular weight is 179 g/mol. The summed E-state index contributed by atoms with van der Waals surface area (Å²) in [5.74, 6) is 0. The fraction of sp³-hybridized carbons (Fsp3) is 1.00. The Morgan fingerprint density at radius 1 is 0.727 bits per heavy atom. The Hall–Kier alpha value is 0.310. The van der Waals surface area contributed by atoms with Crippen LogP contribution in [0.1, 0.15) is 41.0 Å². The molecule has 0 bridgehead atoms. The number of rotatable bonds is 3. The standard InChI is InChI=1S/C6H15N.C3H8.H2S/c1-4-7(5-2)6-3;1-3-2;/h4-6H2,1-3H3;3H2,1-2H3;1H2. The highest BCUT2D eigenvalue weighted by molar-refractivity contribution is 7.59. The van der Waals surface area contributed by atoms with Crippen LogP contribution in [0.4, 0.5) is 0 Å². The quantitative estimate of drug-likeness (QED) is 0.644. The second-order valence-corrected chi connectivity index (χ2v) is 2.33. The molecule has 0 aromatic carbocycles. The van der Waals surface area contributed by atoms with Gasteiger partial charge >= 0.3 is 0 Å². The van der Waals surface area contributed by atoms with Crippen molar-refractivity contribution < 1.29 is 0 Å². The van der Waals surface area contributed by atoms with E-state index in [9.17, 15) is 0 Å². The molecule has 0 fully saturated rings. The molecule has 0 amide bonds. The summed E-state index contributed by atoms with van der Waals surface area (Å²) in [6.07, 6.45) is 1.25. The summed E-state index contributed by atoms with van der Waals surface area (Å²) in [4.78, 5) is 2.38. The molecule has 0 aliphatic carbocycles. The minimum Gasteiger partial charge on any atom is -0.304 e. The third-order valence-electron chi connectivity index (χ3n) is 1.34. The van der Waals surface area contributed by atoms with Crippen molar-refractivity contribution in [2.45, 2.75) is 41.0 Å². The first-order chi connectivity index (χ1) is 4.76. The van der Waals surface area contributed by atoms with E-state index in [1.165, 1.54) is 26.1 Å². The van der Waals surface area contributed by atoms with E-state index in [1.54, 1.807) is 0 Å². The van der Waals surface area contributed by atoms with E-state index in [4.69, 9.17) is 0 Å². The molecule has 2 heteroatoms. The highest BCUT2D eigenvalue weighted by atomic mass is 32.1. The summed E-state index contributed by atoms with van der Waals surface area (Å²) < 4.78 is 0. The first-order valence-corrected chi connectivity index (χ1v) is 4.48. The molecule has 72 valence electrons. The van der Waals surface area contributed by atoms with Crippen molar-refractivity contribution in [3.63, 3.8) is 0 Å². The predicted molar refractivity (Wildman–Crippen MR) is 59.8 cm³/mol. The molecule has 1 nitrogen and oxygen atoms in total. The third kappa shape index (κ3) is 17.9. The Morgan fingerprint density at radius 3 is 0.909 bits per heavy atom. The molecular formula is C9H25NS. The van der Waals surface area contributed by atoms with Crippen molar-refractivity contribution in [1.29, 1.82) is 0 Å². The highest BCUT2D eigenvalue weighted by Crippen LogP contribution is 1.81. The van der Waals surface area contributed by atoms with E-state index < -0.39 is 0 Å². The second-order valence-electron chi connectivity index (χ2n) is 2.33. The minimum atomic E-state index is 0. The zero-order valence-electron chi connectivity index (χ0n) is 8.78. The highest BCUT2D eigenvalue weighted by Gasteiger charge is 1.89. The second kappa shape index (κ2) is 16.7. The van der Waals surface area contributed by atoms with Gasteiger partial charge in [0.1, 0.15) is 0 Å². The lowest BCUT2D eigenvalue weighted by atomic mass is 10.5. The van der Waals surface area contributed by atoms with E-state index in [1.807, 2.05) is 0 Å². The molecule has 0 aromatic rings. The van der Waals surface area contributed by atoms with Crippen molar-refractivity contribution in [1.82, 2.24) is 4.90 Å². The number of hydrogen-bond donors (Lipinski definition) is 0. The topological polar surface area (TPSA) is 3.24 Å². The van der Waals surface area contributed by atoms with Gasteiger partial charge in [0.25, 0.3) is 0 Å². The van der Waals surface area contributed by atoms with E-state index in [0.29, 0.717) is 0 Å². The smallest absolute Gasteiger partial charge is 0.00474 e. The van der Waals surface area contributed by atoms with Gasteiger partial charge in [0.15, 0.2) is 0 Å². The van der Waals surface area contributed by atoms with E-state index >= 15 is 0 Å². The molecule has 0 radical (unpaired) electrons. The first kappa shape index (κ1) is 17.4. The van der Waals surface area contributed by atoms with Crippen molar-refractivity contribution in [2.24, 2.45) is 0 Å². The third-order valence-corrected chi connectivity index (χ3v) is 1.34. The van der Waals surface area contributed by atoms with Crippen molar-refractivity contribution in [3.05, 3.63) is 0 Å². The molecular weight excluding hydrogens is 154 g/mol. The molecule has 0 aliphatic heterocycles. The van der Waals surface area contributed by atoms with Crippen molar-refractivity contribution >= 4 is 13.5 Å². The maximum atomic E-state index is 2.38. The summed E-state index contributed by atoms with van der Waals surface area (Å²) >= 11 is 0. The SMILES string of the molecule is CCC.CCN(CC)CC.S. The molecule has 0 N–H and O–H groups in total. The normalized spacial score (nSPS) is 8.18. The fourth-order valence-corrected chi connectivity index (χ4v) is 0.671. The zero-order valence-corrected chi connectivity index (χ0v) is 9.78. The van der Waals surface area contributed by atoms with Crippen molar-refractivity contribution in [3.8, 4) is 0 Å². The molecule has 0 rings (SSSR count). The maximum Gasteiger partial charge on any atom is -0.00474 e. The molecule has 11 heavy (non-hydrogen) atoms. The van der Waals surface area contributed by atoms with E-state index in [2.05, 4.69) is 39.5 Å². The number of nitrogens with zero attached hydrogens (tertiary/aromatic N) is 1. The summed E-state index contributed by atoms with van der Waals surface area (Å²) in [6, 6.07) is 0. The summed E-state index contributed by atoms with van der Waals surface area (Å²) in [7, 11) is 0.